The number of anilines is 1. The number of tetrazole rings is 1. The average molecular weight is 381 g/mol. The molecule has 3 aromatic rings. The number of rotatable bonds is 7. The first-order chi connectivity index (χ1) is 13.1. The van der Waals surface area contributed by atoms with Gasteiger partial charge in [0.25, 0.3) is 5.91 Å². The quantitative estimate of drug-likeness (QED) is 0.382. The molecule has 0 bridgehead atoms. The highest BCUT2D eigenvalue weighted by atomic mass is 32.2. The third kappa shape index (κ3) is 5.14. The molecule has 1 heterocycles. The zero-order valence-electron chi connectivity index (χ0n) is 15.0. The van der Waals surface area contributed by atoms with Gasteiger partial charge in [-0.05, 0) is 40.3 Å². The van der Waals surface area contributed by atoms with Crippen LogP contribution in [0.1, 0.15) is 5.56 Å². The van der Waals surface area contributed by atoms with E-state index in [4.69, 9.17) is 0 Å². The number of amides is 1. The molecule has 0 unspecified atom stereocenters. The van der Waals surface area contributed by atoms with Crippen LogP contribution in [0.5, 0.6) is 0 Å². The van der Waals surface area contributed by atoms with E-state index in [0.717, 1.165) is 16.9 Å². The normalized spacial score (nSPS) is 10.9. The Balaban J connectivity index is 1.51. The van der Waals surface area contributed by atoms with E-state index in [1.807, 2.05) is 73.6 Å². The number of benzene rings is 2. The van der Waals surface area contributed by atoms with Gasteiger partial charge in [-0.25, -0.2) is 5.43 Å². The van der Waals surface area contributed by atoms with Gasteiger partial charge in [-0.15, -0.1) is 5.10 Å². The van der Waals surface area contributed by atoms with Crippen LogP contribution in [0.15, 0.2) is 64.9 Å². The van der Waals surface area contributed by atoms with Crippen molar-refractivity contribution >= 4 is 29.6 Å². The number of hydrogen-bond acceptors (Lipinski definition) is 7. The maximum atomic E-state index is 12.0. The van der Waals surface area contributed by atoms with Crippen molar-refractivity contribution in [1.82, 2.24) is 25.6 Å². The first-order valence-corrected chi connectivity index (χ1v) is 9.18. The highest BCUT2D eigenvalue weighted by Crippen LogP contribution is 2.17. The highest BCUT2D eigenvalue weighted by Gasteiger charge is 2.10. The summed E-state index contributed by atoms with van der Waals surface area (Å²) in [6, 6.07) is 17.4. The Kier molecular flexibility index (Phi) is 6.16. The fraction of sp³-hybridized carbons (Fsp3) is 0.167. The number of carbonyl (C=O) groups is 1. The van der Waals surface area contributed by atoms with Gasteiger partial charge in [-0.3, -0.25) is 4.79 Å². The van der Waals surface area contributed by atoms with Gasteiger partial charge in [-0.2, -0.15) is 9.78 Å². The first-order valence-electron chi connectivity index (χ1n) is 8.19. The Bertz CT molecular complexity index is 907. The summed E-state index contributed by atoms with van der Waals surface area (Å²) in [7, 11) is 3.96. The molecule has 0 aliphatic rings. The standard InChI is InChI=1S/C18H19N7OS/c1-24(2)15-10-8-14(9-11-15)12-19-20-17(26)13-27-18-21-22-23-25(18)16-6-4-3-5-7-16/h3-12H,13H2,1-2H3,(H,20,26). The summed E-state index contributed by atoms with van der Waals surface area (Å²) in [4.78, 5) is 14.0. The zero-order valence-corrected chi connectivity index (χ0v) is 15.8. The summed E-state index contributed by atoms with van der Waals surface area (Å²) in [6.07, 6.45) is 1.61. The molecular weight excluding hydrogens is 362 g/mol. The van der Waals surface area contributed by atoms with Crippen LogP contribution in [0, 0.1) is 0 Å². The predicted molar refractivity (Wildman–Crippen MR) is 106 cm³/mol. The van der Waals surface area contributed by atoms with Crippen molar-refractivity contribution in [1.29, 1.82) is 0 Å². The second-order valence-corrected chi connectivity index (χ2v) is 6.72. The number of nitrogens with zero attached hydrogens (tertiary/aromatic N) is 6. The molecule has 0 atom stereocenters. The van der Waals surface area contributed by atoms with E-state index >= 15 is 0 Å². The molecule has 0 saturated carbocycles. The van der Waals surface area contributed by atoms with E-state index in [0.29, 0.717) is 5.16 Å². The Morgan fingerprint density at radius 1 is 1.19 bits per heavy atom. The lowest BCUT2D eigenvalue weighted by Crippen LogP contribution is -2.20. The molecule has 9 heteroatoms. The third-order valence-corrected chi connectivity index (χ3v) is 4.51. The molecule has 0 fully saturated rings. The molecule has 0 spiro atoms. The van der Waals surface area contributed by atoms with Gasteiger partial charge >= 0.3 is 0 Å². The van der Waals surface area contributed by atoms with E-state index in [9.17, 15) is 4.79 Å². The lowest BCUT2D eigenvalue weighted by Gasteiger charge is -2.11. The molecule has 3 rings (SSSR count). The molecule has 1 aromatic heterocycles. The molecule has 0 aliphatic heterocycles. The van der Waals surface area contributed by atoms with Crippen molar-refractivity contribution < 1.29 is 4.79 Å². The van der Waals surface area contributed by atoms with Crippen LogP contribution in [0.25, 0.3) is 5.69 Å². The van der Waals surface area contributed by atoms with E-state index in [-0.39, 0.29) is 11.7 Å². The zero-order chi connectivity index (χ0) is 19.1. The summed E-state index contributed by atoms with van der Waals surface area (Å²) in [5.74, 6) is -0.0758. The Hall–Kier alpha value is -3.20. The van der Waals surface area contributed by atoms with Crippen molar-refractivity contribution in [3.05, 3.63) is 60.2 Å². The van der Waals surface area contributed by atoms with Crippen LogP contribution in [-0.4, -0.2) is 52.2 Å². The summed E-state index contributed by atoms with van der Waals surface area (Å²) in [5, 5.41) is 16.1. The Morgan fingerprint density at radius 2 is 1.93 bits per heavy atom. The van der Waals surface area contributed by atoms with Crippen LogP contribution in [0.3, 0.4) is 0 Å². The van der Waals surface area contributed by atoms with Gasteiger partial charge in [0.1, 0.15) is 0 Å². The van der Waals surface area contributed by atoms with Gasteiger partial charge in [0.2, 0.25) is 5.16 Å². The van der Waals surface area contributed by atoms with E-state index in [1.54, 1.807) is 10.9 Å². The monoisotopic (exact) mass is 381 g/mol. The molecule has 138 valence electrons. The van der Waals surface area contributed by atoms with Crippen LogP contribution >= 0.6 is 11.8 Å². The lowest BCUT2D eigenvalue weighted by molar-refractivity contribution is -0.118. The molecule has 8 nitrogen and oxygen atoms in total. The molecular formula is C18H19N7OS. The van der Waals surface area contributed by atoms with Crippen molar-refractivity contribution in [2.75, 3.05) is 24.7 Å². The molecule has 1 amide bonds. The highest BCUT2D eigenvalue weighted by molar-refractivity contribution is 7.99. The molecule has 0 aliphatic carbocycles. The average Bonchev–Trinajstić information content (AvgIpc) is 3.16. The SMILES string of the molecule is CN(C)c1ccc(C=NNC(=O)CSc2nnnn2-c2ccccc2)cc1. The maximum Gasteiger partial charge on any atom is 0.250 e. The van der Waals surface area contributed by atoms with Gasteiger partial charge in [-0.1, -0.05) is 42.1 Å². The fourth-order valence-electron chi connectivity index (χ4n) is 2.20. The lowest BCUT2D eigenvalue weighted by atomic mass is 10.2. The van der Waals surface area contributed by atoms with Crippen LogP contribution in [0.2, 0.25) is 0 Å². The van der Waals surface area contributed by atoms with Gasteiger partial charge < -0.3 is 4.90 Å². The third-order valence-electron chi connectivity index (χ3n) is 3.59. The number of carbonyl (C=O) groups excluding carboxylic acids is 1. The largest absolute Gasteiger partial charge is 0.378 e. The number of thioether (sulfide) groups is 1. The topological polar surface area (TPSA) is 88.3 Å². The van der Waals surface area contributed by atoms with Gasteiger partial charge in [0.05, 0.1) is 17.7 Å². The minimum atomic E-state index is -0.233. The van der Waals surface area contributed by atoms with Crippen molar-refractivity contribution in [3.8, 4) is 5.69 Å². The minimum absolute atomic E-state index is 0.157. The molecule has 0 radical (unpaired) electrons. The van der Waals surface area contributed by atoms with Gasteiger partial charge in [0.15, 0.2) is 0 Å². The molecule has 0 saturated heterocycles. The van der Waals surface area contributed by atoms with Crippen LogP contribution in [0.4, 0.5) is 5.69 Å². The number of aromatic nitrogens is 4. The molecule has 27 heavy (non-hydrogen) atoms. The van der Waals surface area contributed by atoms with E-state index < -0.39 is 0 Å². The maximum absolute atomic E-state index is 12.0. The predicted octanol–water partition coefficient (Wildman–Crippen LogP) is 1.97. The summed E-state index contributed by atoms with van der Waals surface area (Å²) >= 11 is 1.24. The van der Waals surface area contributed by atoms with Crippen molar-refractivity contribution in [2.45, 2.75) is 5.16 Å². The first kappa shape index (κ1) is 18.6. The van der Waals surface area contributed by atoms with E-state index in [2.05, 4.69) is 26.1 Å². The molecule has 2 aromatic carbocycles. The van der Waals surface area contributed by atoms with Gasteiger partial charge in [0, 0.05) is 19.8 Å². The number of hydrazone groups is 1. The number of hydrogen-bond donors (Lipinski definition) is 1. The minimum Gasteiger partial charge on any atom is -0.378 e. The molecule has 1 N–H and O–H groups in total. The van der Waals surface area contributed by atoms with Crippen molar-refractivity contribution in [3.63, 3.8) is 0 Å². The fourth-order valence-corrected chi connectivity index (χ4v) is 2.88. The Labute approximate surface area is 161 Å². The summed E-state index contributed by atoms with van der Waals surface area (Å²) in [6.45, 7) is 0. The van der Waals surface area contributed by atoms with E-state index in [1.165, 1.54) is 11.8 Å². The van der Waals surface area contributed by atoms with Crippen LogP contribution in [-0.2, 0) is 4.79 Å². The Morgan fingerprint density at radius 3 is 2.63 bits per heavy atom. The summed E-state index contributed by atoms with van der Waals surface area (Å²) < 4.78 is 1.59. The van der Waals surface area contributed by atoms with Crippen molar-refractivity contribution in [2.24, 2.45) is 5.10 Å². The summed E-state index contributed by atoms with van der Waals surface area (Å²) in [5.41, 5.74) is 5.35. The number of nitrogens with one attached hydrogen (secondary N) is 1. The number of para-hydroxylation sites is 1. The second-order valence-electron chi connectivity index (χ2n) is 5.78. The smallest absolute Gasteiger partial charge is 0.250 e. The second kappa shape index (κ2) is 8.95. The van der Waals surface area contributed by atoms with Crippen LogP contribution < -0.4 is 10.3 Å².